The van der Waals surface area contributed by atoms with Crippen LogP contribution in [0.2, 0.25) is 0 Å². The highest BCUT2D eigenvalue weighted by Gasteiger charge is 2.00. The third-order valence-corrected chi connectivity index (χ3v) is 1.83. The quantitative estimate of drug-likeness (QED) is 0.630. The Labute approximate surface area is 67.1 Å². The van der Waals surface area contributed by atoms with Crippen LogP contribution >= 0.6 is 11.5 Å². The minimum absolute atomic E-state index is 0.773. The van der Waals surface area contributed by atoms with E-state index in [0.29, 0.717) is 0 Å². The van der Waals surface area contributed by atoms with Crippen molar-refractivity contribution in [1.82, 2.24) is 19.3 Å². The summed E-state index contributed by atoms with van der Waals surface area (Å²) >= 11 is 1.31. The molecule has 5 heteroatoms. The number of hydrogen-bond donors (Lipinski definition) is 0. The summed E-state index contributed by atoms with van der Waals surface area (Å²) in [5, 5.41) is 0.804. The predicted molar refractivity (Wildman–Crippen MR) is 40.9 cm³/mol. The lowest BCUT2D eigenvalue weighted by Gasteiger charge is -1.88. The molecule has 11 heavy (non-hydrogen) atoms. The lowest BCUT2D eigenvalue weighted by atomic mass is 10.5. The van der Waals surface area contributed by atoms with Crippen molar-refractivity contribution in [1.29, 1.82) is 0 Å². The highest BCUT2D eigenvalue weighted by molar-refractivity contribution is 7.08. The maximum atomic E-state index is 4.07. The van der Waals surface area contributed by atoms with Gasteiger partial charge in [0.05, 0.1) is 6.20 Å². The maximum absolute atomic E-state index is 4.07. The van der Waals surface area contributed by atoms with Gasteiger partial charge in [-0.05, 0) is 11.5 Å². The molecule has 2 aromatic heterocycles. The average molecular weight is 164 g/mol. The summed E-state index contributed by atoms with van der Waals surface area (Å²) in [4.78, 5) is 12.0. The Bertz CT molecular complexity index is 318. The van der Waals surface area contributed by atoms with Gasteiger partial charge in [-0.25, -0.2) is 4.98 Å². The third kappa shape index (κ3) is 1.22. The van der Waals surface area contributed by atoms with Gasteiger partial charge >= 0.3 is 0 Å². The van der Waals surface area contributed by atoms with E-state index in [2.05, 4.69) is 19.3 Å². The summed E-state index contributed by atoms with van der Waals surface area (Å²) in [6, 6.07) is 0. The van der Waals surface area contributed by atoms with Crippen molar-refractivity contribution in [2.45, 2.75) is 0 Å². The maximum Gasteiger partial charge on any atom is 0.163 e. The number of nitrogens with zero attached hydrogens (tertiary/aromatic N) is 4. The van der Waals surface area contributed by atoms with Crippen LogP contribution in [-0.4, -0.2) is 19.3 Å². The Morgan fingerprint density at radius 1 is 1.18 bits per heavy atom. The van der Waals surface area contributed by atoms with Gasteiger partial charge < -0.3 is 0 Å². The molecule has 0 radical (unpaired) electrons. The molecule has 0 aromatic carbocycles. The SMILES string of the molecule is c1cnc(-c2ncns2)cn1. The summed E-state index contributed by atoms with van der Waals surface area (Å²) in [6.07, 6.45) is 6.44. The van der Waals surface area contributed by atoms with E-state index in [9.17, 15) is 0 Å². The molecule has 0 saturated heterocycles. The molecule has 0 saturated carbocycles. The Balaban J connectivity index is 2.46. The third-order valence-electron chi connectivity index (χ3n) is 1.14. The molecule has 0 fully saturated rings. The van der Waals surface area contributed by atoms with E-state index in [4.69, 9.17) is 0 Å². The summed E-state index contributed by atoms with van der Waals surface area (Å²) in [6.45, 7) is 0. The first-order valence-corrected chi connectivity index (χ1v) is 3.77. The van der Waals surface area contributed by atoms with Gasteiger partial charge in [0, 0.05) is 12.4 Å². The smallest absolute Gasteiger partial charge is 0.163 e. The summed E-state index contributed by atoms with van der Waals surface area (Å²) in [5.74, 6) is 0. The second kappa shape index (κ2) is 2.71. The Kier molecular flexibility index (Phi) is 1.57. The molecule has 0 aliphatic rings. The van der Waals surface area contributed by atoms with Crippen molar-refractivity contribution in [3.8, 4) is 10.7 Å². The van der Waals surface area contributed by atoms with Gasteiger partial charge in [0.2, 0.25) is 0 Å². The first kappa shape index (κ1) is 6.36. The average Bonchev–Trinajstić information content (AvgIpc) is 2.58. The van der Waals surface area contributed by atoms with Crippen LogP contribution in [-0.2, 0) is 0 Å². The topological polar surface area (TPSA) is 51.6 Å². The van der Waals surface area contributed by atoms with Gasteiger partial charge in [-0.15, -0.1) is 0 Å². The highest BCUT2D eigenvalue weighted by Crippen LogP contribution is 2.14. The highest BCUT2D eigenvalue weighted by atomic mass is 32.1. The molecule has 0 aliphatic carbocycles. The van der Waals surface area contributed by atoms with Crippen molar-refractivity contribution >= 4 is 11.5 Å². The molecular formula is C6H4N4S. The molecule has 0 N–H and O–H groups in total. The lowest BCUT2D eigenvalue weighted by Crippen LogP contribution is -1.81. The second-order valence-corrected chi connectivity index (χ2v) is 2.62. The van der Waals surface area contributed by atoms with E-state index in [1.807, 2.05) is 0 Å². The Morgan fingerprint density at radius 2 is 2.18 bits per heavy atom. The number of rotatable bonds is 1. The van der Waals surface area contributed by atoms with E-state index in [0.717, 1.165) is 10.7 Å². The Morgan fingerprint density at radius 3 is 2.82 bits per heavy atom. The van der Waals surface area contributed by atoms with Crippen LogP contribution in [0.5, 0.6) is 0 Å². The van der Waals surface area contributed by atoms with Crippen LogP contribution in [0.1, 0.15) is 0 Å². The predicted octanol–water partition coefficient (Wildman–Crippen LogP) is 0.995. The zero-order chi connectivity index (χ0) is 7.52. The van der Waals surface area contributed by atoms with E-state index in [1.165, 1.54) is 17.9 Å². The van der Waals surface area contributed by atoms with Crippen LogP contribution in [0.15, 0.2) is 24.9 Å². The second-order valence-electron chi connectivity index (χ2n) is 1.84. The first-order valence-electron chi connectivity index (χ1n) is 3.00. The standard InChI is InChI=1S/C6H4N4S/c1-2-8-5(3-7-1)6-9-4-10-11-6/h1-4H. The van der Waals surface area contributed by atoms with Crippen LogP contribution in [0.4, 0.5) is 0 Å². The molecule has 2 rings (SSSR count). The van der Waals surface area contributed by atoms with Crippen LogP contribution in [0, 0.1) is 0 Å². The van der Waals surface area contributed by atoms with Crippen molar-refractivity contribution in [2.75, 3.05) is 0 Å². The summed E-state index contributed by atoms with van der Waals surface area (Å²) < 4.78 is 3.86. The monoisotopic (exact) mass is 164 g/mol. The van der Waals surface area contributed by atoms with Crippen molar-refractivity contribution < 1.29 is 0 Å². The van der Waals surface area contributed by atoms with Gasteiger partial charge in [-0.1, -0.05) is 0 Å². The van der Waals surface area contributed by atoms with Crippen LogP contribution < -0.4 is 0 Å². The van der Waals surface area contributed by atoms with E-state index in [-0.39, 0.29) is 0 Å². The van der Waals surface area contributed by atoms with Crippen molar-refractivity contribution in [3.63, 3.8) is 0 Å². The molecule has 0 amide bonds. The minimum Gasteiger partial charge on any atom is -0.261 e. The summed E-state index contributed by atoms with van der Waals surface area (Å²) in [7, 11) is 0. The van der Waals surface area contributed by atoms with E-state index >= 15 is 0 Å². The molecular weight excluding hydrogens is 160 g/mol. The van der Waals surface area contributed by atoms with Crippen molar-refractivity contribution in [3.05, 3.63) is 24.9 Å². The lowest BCUT2D eigenvalue weighted by molar-refractivity contribution is 1.19. The molecule has 0 unspecified atom stereocenters. The fourth-order valence-electron chi connectivity index (χ4n) is 0.696. The van der Waals surface area contributed by atoms with Crippen LogP contribution in [0.3, 0.4) is 0 Å². The molecule has 0 aliphatic heterocycles. The number of hydrogen-bond acceptors (Lipinski definition) is 5. The van der Waals surface area contributed by atoms with Crippen molar-refractivity contribution in [2.24, 2.45) is 0 Å². The fourth-order valence-corrected chi connectivity index (χ4v) is 1.18. The molecule has 0 bridgehead atoms. The normalized spacial score (nSPS) is 9.82. The molecule has 0 atom stereocenters. The van der Waals surface area contributed by atoms with E-state index in [1.54, 1.807) is 18.6 Å². The van der Waals surface area contributed by atoms with Gasteiger partial charge in [-0.3, -0.25) is 9.97 Å². The molecule has 54 valence electrons. The zero-order valence-corrected chi connectivity index (χ0v) is 6.32. The van der Waals surface area contributed by atoms with Gasteiger partial charge in [0.25, 0.3) is 0 Å². The summed E-state index contributed by atoms with van der Waals surface area (Å²) in [5.41, 5.74) is 0.773. The zero-order valence-electron chi connectivity index (χ0n) is 5.51. The van der Waals surface area contributed by atoms with Gasteiger partial charge in [-0.2, -0.15) is 4.37 Å². The van der Waals surface area contributed by atoms with Gasteiger partial charge in [0.15, 0.2) is 5.01 Å². The molecule has 2 heterocycles. The fraction of sp³-hybridized carbons (Fsp3) is 0. The van der Waals surface area contributed by atoms with Gasteiger partial charge in [0.1, 0.15) is 12.0 Å². The van der Waals surface area contributed by atoms with Crippen LogP contribution in [0.25, 0.3) is 10.7 Å². The molecule has 4 nitrogen and oxygen atoms in total. The largest absolute Gasteiger partial charge is 0.261 e. The minimum atomic E-state index is 0.773. The molecule has 0 spiro atoms. The first-order chi connectivity index (χ1) is 5.47. The Hall–Kier alpha value is -1.36. The van der Waals surface area contributed by atoms with E-state index < -0.39 is 0 Å². The molecule has 2 aromatic rings. The number of aromatic nitrogens is 4.